The number of hydrogen-bond donors (Lipinski definition) is 0. The van der Waals surface area contributed by atoms with E-state index in [2.05, 4.69) is 9.72 Å². The lowest BCUT2D eigenvalue weighted by Crippen LogP contribution is -2.05. The standard InChI is InChI=1S/C11H6ClF2NO2/c1-17-11(16)8-4-6(12)5-2-3-7(13)9(14)10(5)15-8/h2-4H,1H3. The van der Waals surface area contributed by atoms with E-state index in [0.717, 1.165) is 13.2 Å². The van der Waals surface area contributed by atoms with Crippen LogP contribution in [0.5, 0.6) is 0 Å². The zero-order valence-electron chi connectivity index (χ0n) is 8.63. The number of carbonyl (C=O) groups is 1. The molecule has 1 aromatic carbocycles. The van der Waals surface area contributed by atoms with Gasteiger partial charge in [0, 0.05) is 5.39 Å². The molecule has 2 rings (SSSR count). The number of benzene rings is 1. The van der Waals surface area contributed by atoms with Crippen molar-refractivity contribution in [3.05, 3.63) is 40.6 Å². The summed E-state index contributed by atoms with van der Waals surface area (Å²) < 4.78 is 30.9. The number of aromatic nitrogens is 1. The molecule has 0 atom stereocenters. The van der Waals surface area contributed by atoms with Gasteiger partial charge in [0.05, 0.1) is 12.1 Å². The molecule has 0 aliphatic heterocycles. The van der Waals surface area contributed by atoms with Crippen molar-refractivity contribution in [2.45, 2.75) is 0 Å². The van der Waals surface area contributed by atoms with Gasteiger partial charge in [-0.1, -0.05) is 11.6 Å². The fourth-order valence-corrected chi connectivity index (χ4v) is 1.66. The number of carbonyl (C=O) groups excluding carboxylic acids is 1. The molecule has 0 N–H and O–H groups in total. The first-order valence-electron chi connectivity index (χ1n) is 4.57. The minimum absolute atomic E-state index is 0.106. The molecule has 0 saturated carbocycles. The molecule has 0 unspecified atom stereocenters. The normalized spacial score (nSPS) is 10.6. The minimum Gasteiger partial charge on any atom is -0.464 e. The molecule has 0 aliphatic carbocycles. The Morgan fingerprint density at radius 3 is 2.76 bits per heavy atom. The lowest BCUT2D eigenvalue weighted by Gasteiger charge is -2.05. The first-order chi connectivity index (χ1) is 8.04. The molecule has 0 amide bonds. The second-order valence-electron chi connectivity index (χ2n) is 3.24. The number of halogens is 3. The van der Waals surface area contributed by atoms with Gasteiger partial charge in [-0.05, 0) is 18.2 Å². The van der Waals surface area contributed by atoms with Crippen molar-refractivity contribution in [1.82, 2.24) is 4.98 Å². The highest BCUT2D eigenvalue weighted by molar-refractivity contribution is 6.35. The third-order valence-electron chi connectivity index (χ3n) is 2.22. The summed E-state index contributed by atoms with van der Waals surface area (Å²) in [4.78, 5) is 14.9. The Hall–Kier alpha value is -1.75. The molecule has 1 heterocycles. The third-order valence-corrected chi connectivity index (χ3v) is 2.53. The summed E-state index contributed by atoms with van der Waals surface area (Å²) in [6.45, 7) is 0. The summed E-state index contributed by atoms with van der Waals surface area (Å²) in [5, 5.41) is 0.340. The zero-order valence-corrected chi connectivity index (χ0v) is 9.39. The van der Waals surface area contributed by atoms with E-state index in [1.54, 1.807) is 0 Å². The van der Waals surface area contributed by atoms with E-state index >= 15 is 0 Å². The lowest BCUT2D eigenvalue weighted by atomic mass is 10.2. The molecular weight excluding hydrogens is 252 g/mol. The maximum Gasteiger partial charge on any atom is 0.356 e. The molecule has 17 heavy (non-hydrogen) atoms. The van der Waals surface area contributed by atoms with E-state index in [-0.39, 0.29) is 21.6 Å². The first kappa shape index (κ1) is 11.7. The van der Waals surface area contributed by atoms with Crippen LogP contribution in [0.25, 0.3) is 10.9 Å². The number of methoxy groups -OCH3 is 1. The maximum absolute atomic E-state index is 13.5. The van der Waals surface area contributed by atoms with Crippen LogP contribution in [0.15, 0.2) is 18.2 Å². The predicted molar refractivity (Wildman–Crippen MR) is 58.0 cm³/mol. The highest BCUT2D eigenvalue weighted by Gasteiger charge is 2.16. The number of nitrogens with zero attached hydrogens (tertiary/aromatic N) is 1. The van der Waals surface area contributed by atoms with E-state index in [9.17, 15) is 13.6 Å². The summed E-state index contributed by atoms with van der Waals surface area (Å²) in [6.07, 6.45) is 0. The highest BCUT2D eigenvalue weighted by Crippen LogP contribution is 2.26. The summed E-state index contributed by atoms with van der Waals surface area (Å²) in [7, 11) is 1.16. The number of hydrogen-bond acceptors (Lipinski definition) is 3. The van der Waals surface area contributed by atoms with Gasteiger partial charge in [-0.25, -0.2) is 18.6 Å². The molecule has 0 aliphatic rings. The van der Waals surface area contributed by atoms with Crippen molar-refractivity contribution >= 4 is 28.5 Å². The van der Waals surface area contributed by atoms with Gasteiger partial charge in [0.1, 0.15) is 5.52 Å². The fourth-order valence-electron chi connectivity index (χ4n) is 1.40. The highest BCUT2D eigenvalue weighted by atomic mass is 35.5. The van der Waals surface area contributed by atoms with Crippen LogP contribution in [0.1, 0.15) is 10.5 Å². The summed E-state index contributed by atoms with van der Waals surface area (Å²) in [5.41, 5.74) is -0.465. The van der Waals surface area contributed by atoms with Gasteiger partial charge in [-0.2, -0.15) is 0 Å². The van der Waals surface area contributed by atoms with Crippen LogP contribution in [0.3, 0.4) is 0 Å². The van der Waals surface area contributed by atoms with E-state index in [1.807, 2.05) is 0 Å². The summed E-state index contributed by atoms with van der Waals surface area (Å²) in [5.74, 6) is -2.96. The molecule has 6 heteroatoms. The Labute approximate surface area is 100.0 Å². The Morgan fingerprint density at radius 2 is 2.12 bits per heavy atom. The SMILES string of the molecule is COC(=O)c1cc(Cl)c2ccc(F)c(F)c2n1. The Kier molecular flexibility index (Phi) is 2.93. The monoisotopic (exact) mass is 257 g/mol. The molecular formula is C11H6ClF2NO2. The quantitative estimate of drug-likeness (QED) is 0.738. The molecule has 0 bridgehead atoms. The minimum atomic E-state index is -1.14. The maximum atomic E-state index is 13.5. The zero-order chi connectivity index (χ0) is 12.6. The van der Waals surface area contributed by atoms with Crippen LogP contribution in [-0.2, 0) is 4.74 Å². The summed E-state index contributed by atoms with van der Waals surface area (Å²) >= 11 is 5.85. The van der Waals surface area contributed by atoms with Crippen molar-refractivity contribution in [1.29, 1.82) is 0 Å². The van der Waals surface area contributed by atoms with E-state index in [4.69, 9.17) is 11.6 Å². The lowest BCUT2D eigenvalue weighted by molar-refractivity contribution is 0.0594. The van der Waals surface area contributed by atoms with E-state index in [1.165, 1.54) is 12.1 Å². The first-order valence-corrected chi connectivity index (χ1v) is 4.95. The Bertz CT molecular complexity index is 616. The van der Waals surface area contributed by atoms with Crippen molar-refractivity contribution in [2.24, 2.45) is 0 Å². The molecule has 0 saturated heterocycles. The fraction of sp³-hybridized carbons (Fsp3) is 0.0909. The number of fused-ring (bicyclic) bond motifs is 1. The van der Waals surface area contributed by atoms with Crippen molar-refractivity contribution in [3.63, 3.8) is 0 Å². The van der Waals surface area contributed by atoms with Crippen LogP contribution in [0.2, 0.25) is 5.02 Å². The smallest absolute Gasteiger partial charge is 0.356 e. The Morgan fingerprint density at radius 1 is 1.41 bits per heavy atom. The van der Waals surface area contributed by atoms with Crippen LogP contribution in [0.4, 0.5) is 8.78 Å². The van der Waals surface area contributed by atoms with E-state index in [0.29, 0.717) is 0 Å². The molecule has 1 aromatic heterocycles. The second-order valence-corrected chi connectivity index (χ2v) is 3.65. The number of rotatable bonds is 1. The van der Waals surface area contributed by atoms with Gasteiger partial charge in [0.2, 0.25) is 0 Å². The molecule has 0 fully saturated rings. The average molecular weight is 258 g/mol. The predicted octanol–water partition coefficient (Wildman–Crippen LogP) is 2.95. The van der Waals surface area contributed by atoms with Crippen molar-refractivity contribution in [2.75, 3.05) is 7.11 Å². The van der Waals surface area contributed by atoms with Crippen molar-refractivity contribution < 1.29 is 18.3 Å². The number of pyridine rings is 1. The topological polar surface area (TPSA) is 39.2 Å². The molecule has 0 radical (unpaired) electrons. The van der Waals surface area contributed by atoms with Gasteiger partial charge < -0.3 is 4.74 Å². The molecule has 2 aromatic rings. The second kappa shape index (κ2) is 4.25. The Balaban J connectivity index is 2.79. The molecule has 3 nitrogen and oxygen atoms in total. The average Bonchev–Trinajstić information content (AvgIpc) is 2.33. The van der Waals surface area contributed by atoms with Crippen molar-refractivity contribution in [3.8, 4) is 0 Å². The van der Waals surface area contributed by atoms with Gasteiger partial charge in [0.25, 0.3) is 0 Å². The van der Waals surface area contributed by atoms with Crippen LogP contribution in [0, 0.1) is 11.6 Å². The summed E-state index contributed by atoms with van der Waals surface area (Å²) in [6, 6.07) is 3.49. The van der Waals surface area contributed by atoms with Gasteiger partial charge in [-0.15, -0.1) is 0 Å². The van der Waals surface area contributed by atoms with Crippen LogP contribution >= 0.6 is 11.6 Å². The largest absolute Gasteiger partial charge is 0.464 e. The van der Waals surface area contributed by atoms with Crippen LogP contribution in [-0.4, -0.2) is 18.1 Å². The van der Waals surface area contributed by atoms with Gasteiger partial charge in [-0.3, -0.25) is 0 Å². The third kappa shape index (κ3) is 1.93. The molecule has 0 spiro atoms. The van der Waals surface area contributed by atoms with Gasteiger partial charge in [0.15, 0.2) is 17.3 Å². The number of ether oxygens (including phenoxy) is 1. The number of esters is 1. The van der Waals surface area contributed by atoms with Crippen LogP contribution < -0.4 is 0 Å². The van der Waals surface area contributed by atoms with E-state index < -0.39 is 17.6 Å². The van der Waals surface area contributed by atoms with Gasteiger partial charge >= 0.3 is 5.97 Å². The molecule has 88 valence electrons.